The SMILES string of the molecule is O=Cc1cc(F)c(OCC=Cc2ccccc2)c(F)c1. The summed E-state index contributed by atoms with van der Waals surface area (Å²) in [5, 5.41) is 0. The van der Waals surface area contributed by atoms with Crippen molar-refractivity contribution in [2.45, 2.75) is 0 Å². The van der Waals surface area contributed by atoms with Crippen molar-refractivity contribution in [3.8, 4) is 5.75 Å². The fourth-order valence-electron chi connectivity index (χ4n) is 1.67. The Labute approximate surface area is 115 Å². The first-order chi connectivity index (χ1) is 9.70. The molecule has 0 aliphatic heterocycles. The van der Waals surface area contributed by atoms with Crippen LogP contribution in [-0.4, -0.2) is 12.9 Å². The zero-order chi connectivity index (χ0) is 14.4. The van der Waals surface area contributed by atoms with E-state index in [1.165, 1.54) is 0 Å². The average Bonchev–Trinajstić information content (AvgIpc) is 2.46. The number of ether oxygens (including phenoxy) is 1. The zero-order valence-electron chi connectivity index (χ0n) is 10.6. The molecule has 2 nitrogen and oxygen atoms in total. The van der Waals surface area contributed by atoms with Gasteiger partial charge >= 0.3 is 0 Å². The third-order valence-electron chi connectivity index (χ3n) is 2.59. The van der Waals surface area contributed by atoms with Gasteiger partial charge in [-0.05, 0) is 23.8 Å². The number of carbonyl (C=O) groups excluding carboxylic acids is 1. The molecule has 0 unspecified atom stereocenters. The molecule has 0 aromatic heterocycles. The van der Waals surface area contributed by atoms with Crippen molar-refractivity contribution in [2.24, 2.45) is 0 Å². The topological polar surface area (TPSA) is 26.3 Å². The smallest absolute Gasteiger partial charge is 0.191 e. The predicted molar refractivity (Wildman–Crippen MR) is 72.7 cm³/mol. The molecular formula is C16H12F2O2. The molecule has 0 fully saturated rings. The maximum atomic E-state index is 13.5. The number of hydrogen-bond acceptors (Lipinski definition) is 2. The van der Waals surface area contributed by atoms with E-state index in [0.717, 1.165) is 17.7 Å². The first-order valence-electron chi connectivity index (χ1n) is 5.99. The second-order valence-electron chi connectivity index (χ2n) is 4.06. The van der Waals surface area contributed by atoms with E-state index in [4.69, 9.17) is 4.74 Å². The van der Waals surface area contributed by atoms with E-state index in [1.807, 2.05) is 30.3 Å². The second-order valence-corrected chi connectivity index (χ2v) is 4.06. The third kappa shape index (κ3) is 3.51. The molecular weight excluding hydrogens is 262 g/mol. The van der Waals surface area contributed by atoms with Crippen molar-refractivity contribution >= 4 is 12.4 Å². The number of carbonyl (C=O) groups is 1. The first-order valence-corrected chi connectivity index (χ1v) is 5.99. The van der Waals surface area contributed by atoms with Crippen LogP contribution < -0.4 is 4.74 Å². The standard InChI is InChI=1S/C16H12F2O2/c17-14-9-13(11-19)10-15(18)16(14)20-8-4-7-12-5-2-1-3-6-12/h1-7,9-11H,8H2. The molecule has 0 N–H and O–H groups in total. The number of hydrogen-bond donors (Lipinski definition) is 0. The molecule has 0 spiro atoms. The summed E-state index contributed by atoms with van der Waals surface area (Å²) >= 11 is 0. The molecule has 0 saturated carbocycles. The highest BCUT2D eigenvalue weighted by Crippen LogP contribution is 2.22. The van der Waals surface area contributed by atoms with Gasteiger partial charge in [0.2, 0.25) is 0 Å². The first kappa shape index (κ1) is 13.9. The van der Waals surface area contributed by atoms with Crippen molar-refractivity contribution in [1.82, 2.24) is 0 Å². The molecule has 0 radical (unpaired) electrons. The van der Waals surface area contributed by atoms with Crippen molar-refractivity contribution in [2.75, 3.05) is 6.61 Å². The summed E-state index contributed by atoms with van der Waals surface area (Å²) in [6.07, 6.45) is 3.82. The third-order valence-corrected chi connectivity index (χ3v) is 2.59. The Hall–Kier alpha value is -2.49. The van der Waals surface area contributed by atoms with E-state index in [9.17, 15) is 13.6 Å². The molecule has 0 aliphatic rings. The zero-order valence-corrected chi connectivity index (χ0v) is 10.6. The monoisotopic (exact) mass is 274 g/mol. The van der Waals surface area contributed by atoms with Gasteiger partial charge in [-0.2, -0.15) is 0 Å². The maximum Gasteiger partial charge on any atom is 0.191 e. The Morgan fingerprint density at radius 3 is 2.25 bits per heavy atom. The van der Waals surface area contributed by atoms with E-state index in [-0.39, 0.29) is 12.2 Å². The summed E-state index contributed by atoms with van der Waals surface area (Å²) in [5.74, 6) is -2.26. The Morgan fingerprint density at radius 2 is 1.65 bits per heavy atom. The van der Waals surface area contributed by atoms with Crippen LogP contribution in [0.4, 0.5) is 8.78 Å². The van der Waals surface area contributed by atoms with E-state index in [2.05, 4.69) is 0 Å². The lowest BCUT2D eigenvalue weighted by molar-refractivity contribution is 0.112. The fourth-order valence-corrected chi connectivity index (χ4v) is 1.67. The summed E-state index contributed by atoms with van der Waals surface area (Å²) in [7, 11) is 0. The Kier molecular flexibility index (Phi) is 4.60. The van der Waals surface area contributed by atoms with E-state index >= 15 is 0 Å². The lowest BCUT2D eigenvalue weighted by Crippen LogP contribution is -2.00. The van der Waals surface area contributed by atoms with Gasteiger partial charge in [0.25, 0.3) is 0 Å². The number of benzene rings is 2. The minimum Gasteiger partial charge on any atom is -0.483 e. The minimum atomic E-state index is -0.889. The van der Waals surface area contributed by atoms with Gasteiger partial charge < -0.3 is 4.74 Å². The summed E-state index contributed by atoms with van der Waals surface area (Å²) < 4.78 is 32.0. The van der Waals surface area contributed by atoms with Gasteiger partial charge in [-0.1, -0.05) is 36.4 Å². The van der Waals surface area contributed by atoms with Crippen molar-refractivity contribution in [3.05, 3.63) is 71.3 Å². The Morgan fingerprint density at radius 1 is 1.00 bits per heavy atom. The Bertz CT molecular complexity index is 599. The van der Waals surface area contributed by atoms with Crippen LogP contribution in [0.3, 0.4) is 0 Å². The molecule has 2 aromatic carbocycles. The van der Waals surface area contributed by atoms with Gasteiger partial charge in [0.1, 0.15) is 12.9 Å². The fraction of sp³-hybridized carbons (Fsp3) is 0.0625. The van der Waals surface area contributed by atoms with E-state index in [1.54, 1.807) is 12.2 Å². The quantitative estimate of drug-likeness (QED) is 0.774. The lowest BCUT2D eigenvalue weighted by atomic mass is 10.2. The Balaban J connectivity index is 2.01. The van der Waals surface area contributed by atoms with Crippen LogP contribution in [-0.2, 0) is 0 Å². The molecule has 0 aliphatic carbocycles. The average molecular weight is 274 g/mol. The second kappa shape index (κ2) is 6.61. The molecule has 0 amide bonds. The normalized spacial score (nSPS) is 10.7. The van der Waals surface area contributed by atoms with Crippen LogP contribution >= 0.6 is 0 Å². The minimum absolute atomic E-state index is 0.0309. The van der Waals surface area contributed by atoms with Crippen LogP contribution in [0, 0.1) is 11.6 Å². The van der Waals surface area contributed by atoms with Crippen LogP contribution in [0.15, 0.2) is 48.5 Å². The van der Waals surface area contributed by atoms with Crippen molar-refractivity contribution < 1.29 is 18.3 Å². The van der Waals surface area contributed by atoms with Crippen LogP contribution in [0.5, 0.6) is 5.75 Å². The summed E-state index contributed by atoms with van der Waals surface area (Å²) in [4.78, 5) is 10.5. The van der Waals surface area contributed by atoms with E-state index in [0.29, 0.717) is 6.29 Å². The van der Waals surface area contributed by atoms with Gasteiger partial charge in [-0.25, -0.2) is 8.78 Å². The molecule has 2 aromatic rings. The predicted octanol–water partition coefficient (Wildman–Crippen LogP) is 3.87. The van der Waals surface area contributed by atoms with Gasteiger partial charge in [-0.15, -0.1) is 0 Å². The highest BCUT2D eigenvalue weighted by atomic mass is 19.1. The molecule has 4 heteroatoms. The maximum absolute atomic E-state index is 13.5. The van der Waals surface area contributed by atoms with Crippen LogP contribution in [0.2, 0.25) is 0 Å². The molecule has 0 saturated heterocycles. The molecule has 0 atom stereocenters. The summed E-state index contributed by atoms with van der Waals surface area (Å²) in [6, 6.07) is 11.3. The molecule has 20 heavy (non-hydrogen) atoms. The van der Waals surface area contributed by atoms with E-state index < -0.39 is 17.4 Å². The molecule has 2 rings (SSSR count). The molecule has 0 bridgehead atoms. The van der Waals surface area contributed by atoms with Crippen molar-refractivity contribution in [3.63, 3.8) is 0 Å². The highest BCUT2D eigenvalue weighted by molar-refractivity contribution is 5.75. The van der Waals surface area contributed by atoms with Gasteiger partial charge in [0.15, 0.2) is 17.4 Å². The number of rotatable bonds is 5. The summed E-state index contributed by atoms with van der Waals surface area (Å²) in [5.41, 5.74) is 0.903. The highest BCUT2D eigenvalue weighted by Gasteiger charge is 2.11. The molecule has 0 heterocycles. The number of aldehydes is 1. The number of halogens is 2. The summed E-state index contributed by atoms with van der Waals surface area (Å²) in [6.45, 7) is 0.0309. The van der Waals surface area contributed by atoms with Crippen molar-refractivity contribution in [1.29, 1.82) is 0 Å². The van der Waals surface area contributed by atoms with Gasteiger partial charge in [-0.3, -0.25) is 4.79 Å². The van der Waals surface area contributed by atoms with Gasteiger partial charge in [0, 0.05) is 5.56 Å². The molecule has 102 valence electrons. The van der Waals surface area contributed by atoms with Crippen LogP contribution in [0.25, 0.3) is 6.08 Å². The van der Waals surface area contributed by atoms with Gasteiger partial charge in [0.05, 0.1) is 0 Å². The lowest BCUT2D eigenvalue weighted by Gasteiger charge is -2.06. The largest absolute Gasteiger partial charge is 0.483 e. The van der Waals surface area contributed by atoms with Crippen LogP contribution in [0.1, 0.15) is 15.9 Å².